The van der Waals surface area contributed by atoms with Gasteiger partial charge in [-0.3, -0.25) is 0 Å². The maximum atomic E-state index is 6.06. The van der Waals surface area contributed by atoms with Crippen molar-refractivity contribution in [3.63, 3.8) is 0 Å². The van der Waals surface area contributed by atoms with Crippen molar-refractivity contribution >= 4 is 16.8 Å². The lowest BCUT2D eigenvalue weighted by atomic mass is 10.0. The molecule has 1 fully saturated rings. The third-order valence-corrected chi connectivity index (χ3v) is 3.64. The van der Waals surface area contributed by atoms with Crippen LogP contribution in [0.15, 0.2) is 4.42 Å². The van der Waals surface area contributed by atoms with Gasteiger partial charge in [0.05, 0.1) is 0 Å². The van der Waals surface area contributed by atoms with Crippen LogP contribution in [0.4, 0.5) is 5.69 Å². The van der Waals surface area contributed by atoms with E-state index in [1.165, 1.54) is 12.8 Å². The minimum Gasteiger partial charge on any atom is -0.440 e. The van der Waals surface area contributed by atoms with Gasteiger partial charge in [0.2, 0.25) is 0 Å². The molecule has 1 aromatic carbocycles. The number of rotatable bonds is 1. The molecule has 0 saturated heterocycles. The van der Waals surface area contributed by atoms with E-state index in [1.54, 1.807) is 0 Å². The molecule has 0 spiro atoms. The molecule has 2 N–H and O–H groups in total. The third-order valence-electron chi connectivity index (χ3n) is 3.64. The number of aromatic nitrogens is 1. The van der Waals surface area contributed by atoms with Gasteiger partial charge in [-0.1, -0.05) is 0 Å². The van der Waals surface area contributed by atoms with E-state index in [0.29, 0.717) is 5.92 Å². The van der Waals surface area contributed by atoms with E-state index in [1.807, 2.05) is 13.8 Å². The number of anilines is 1. The fraction of sp³-hybridized carbons (Fsp3) is 0.462. The molecule has 1 aromatic heterocycles. The average molecular weight is 216 g/mol. The maximum Gasteiger partial charge on any atom is 0.198 e. The molecule has 0 radical (unpaired) electrons. The summed E-state index contributed by atoms with van der Waals surface area (Å²) in [7, 11) is 0. The maximum absolute atomic E-state index is 6.06. The van der Waals surface area contributed by atoms with Crippen molar-refractivity contribution in [2.45, 2.75) is 39.5 Å². The molecule has 0 atom stereocenters. The number of hydrogen-bond acceptors (Lipinski definition) is 3. The van der Waals surface area contributed by atoms with Crippen molar-refractivity contribution in [3.05, 3.63) is 22.6 Å². The Morgan fingerprint density at radius 1 is 1.12 bits per heavy atom. The van der Waals surface area contributed by atoms with Gasteiger partial charge in [-0.2, -0.15) is 0 Å². The van der Waals surface area contributed by atoms with Gasteiger partial charge in [-0.25, -0.2) is 4.98 Å². The van der Waals surface area contributed by atoms with Crippen LogP contribution in [0.25, 0.3) is 11.1 Å². The van der Waals surface area contributed by atoms with E-state index < -0.39 is 0 Å². The lowest BCUT2D eigenvalue weighted by Gasteiger charge is -2.07. The van der Waals surface area contributed by atoms with Crippen molar-refractivity contribution < 1.29 is 4.42 Å². The zero-order valence-corrected chi connectivity index (χ0v) is 9.92. The first-order valence-corrected chi connectivity index (χ1v) is 5.75. The summed E-state index contributed by atoms with van der Waals surface area (Å²) >= 11 is 0. The van der Waals surface area contributed by atoms with E-state index in [0.717, 1.165) is 39.4 Å². The minimum atomic E-state index is 0.549. The summed E-state index contributed by atoms with van der Waals surface area (Å²) in [5, 5.41) is 0. The van der Waals surface area contributed by atoms with Crippen LogP contribution in [-0.2, 0) is 0 Å². The van der Waals surface area contributed by atoms with Crippen LogP contribution in [0, 0.1) is 20.8 Å². The van der Waals surface area contributed by atoms with Crippen LogP contribution >= 0.6 is 0 Å². The molecule has 0 bridgehead atoms. The van der Waals surface area contributed by atoms with E-state index in [4.69, 9.17) is 10.2 Å². The predicted molar refractivity (Wildman–Crippen MR) is 64.6 cm³/mol. The number of nitrogens with zero attached hydrogens (tertiary/aromatic N) is 1. The Morgan fingerprint density at radius 3 is 2.44 bits per heavy atom. The Bertz CT molecular complexity index is 534. The van der Waals surface area contributed by atoms with E-state index in [-0.39, 0.29) is 0 Å². The summed E-state index contributed by atoms with van der Waals surface area (Å²) < 4.78 is 5.85. The molecule has 3 heteroatoms. The molecule has 1 aliphatic rings. The van der Waals surface area contributed by atoms with E-state index in [2.05, 4.69) is 11.9 Å². The highest BCUT2D eigenvalue weighted by Crippen LogP contribution is 2.42. The lowest BCUT2D eigenvalue weighted by molar-refractivity contribution is 0.531. The number of oxazole rings is 1. The summed E-state index contributed by atoms with van der Waals surface area (Å²) in [6.45, 7) is 6.11. The highest BCUT2D eigenvalue weighted by Gasteiger charge is 2.30. The van der Waals surface area contributed by atoms with Crippen LogP contribution in [0.2, 0.25) is 0 Å². The second-order valence-corrected chi connectivity index (χ2v) is 4.79. The smallest absolute Gasteiger partial charge is 0.198 e. The number of fused-ring (bicyclic) bond motifs is 1. The first-order chi connectivity index (χ1) is 7.59. The summed E-state index contributed by atoms with van der Waals surface area (Å²) in [5.41, 5.74) is 12.1. The van der Waals surface area contributed by atoms with Crippen molar-refractivity contribution in [2.24, 2.45) is 0 Å². The summed E-state index contributed by atoms with van der Waals surface area (Å²) in [5.74, 6) is 1.44. The first-order valence-electron chi connectivity index (χ1n) is 5.75. The first kappa shape index (κ1) is 9.70. The van der Waals surface area contributed by atoms with Crippen molar-refractivity contribution in [3.8, 4) is 0 Å². The number of nitrogen functional groups attached to an aromatic ring is 1. The highest BCUT2D eigenvalue weighted by atomic mass is 16.3. The van der Waals surface area contributed by atoms with Gasteiger partial charge in [-0.15, -0.1) is 0 Å². The normalized spacial score (nSPS) is 15.9. The molecule has 3 nitrogen and oxygen atoms in total. The van der Waals surface area contributed by atoms with E-state index in [9.17, 15) is 0 Å². The molecule has 1 saturated carbocycles. The Balaban J connectivity index is 2.36. The highest BCUT2D eigenvalue weighted by molar-refractivity contribution is 5.87. The molecule has 16 heavy (non-hydrogen) atoms. The van der Waals surface area contributed by atoms with Crippen molar-refractivity contribution in [1.82, 2.24) is 4.98 Å². The van der Waals surface area contributed by atoms with Gasteiger partial charge in [0.1, 0.15) is 5.52 Å². The molecular formula is C13H16N2O. The summed E-state index contributed by atoms with van der Waals surface area (Å²) in [6.07, 6.45) is 2.42. The second kappa shape index (κ2) is 3.00. The van der Waals surface area contributed by atoms with Crippen molar-refractivity contribution in [2.75, 3.05) is 5.73 Å². The zero-order chi connectivity index (χ0) is 11.4. The van der Waals surface area contributed by atoms with Crippen LogP contribution in [-0.4, -0.2) is 4.98 Å². The molecule has 3 rings (SSSR count). The van der Waals surface area contributed by atoms with Crippen LogP contribution in [0.5, 0.6) is 0 Å². The second-order valence-electron chi connectivity index (χ2n) is 4.79. The Hall–Kier alpha value is -1.51. The van der Waals surface area contributed by atoms with Gasteiger partial charge >= 0.3 is 0 Å². The fourth-order valence-electron chi connectivity index (χ4n) is 2.13. The number of nitrogens with two attached hydrogens (primary N) is 1. The Kier molecular flexibility index (Phi) is 1.82. The summed E-state index contributed by atoms with van der Waals surface area (Å²) in [4.78, 5) is 4.61. The molecule has 1 aliphatic carbocycles. The largest absolute Gasteiger partial charge is 0.440 e. The molecule has 2 aromatic rings. The lowest BCUT2D eigenvalue weighted by Crippen LogP contribution is -1.97. The topological polar surface area (TPSA) is 52.0 Å². The number of aryl methyl sites for hydroxylation is 2. The Morgan fingerprint density at radius 2 is 1.81 bits per heavy atom. The van der Waals surface area contributed by atoms with Crippen LogP contribution in [0.1, 0.15) is 41.3 Å². The molecular weight excluding hydrogens is 200 g/mol. The Labute approximate surface area is 94.7 Å². The van der Waals surface area contributed by atoms with Gasteiger partial charge in [0, 0.05) is 17.2 Å². The predicted octanol–water partition coefficient (Wildman–Crippen LogP) is 3.21. The number of hydrogen-bond donors (Lipinski definition) is 1. The quantitative estimate of drug-likeness (QED) is 0.745. The van der Waals surface area contributed by atoms with Gasteiger partial charge in [-0.05, 0) is 44.7 Å². The van der Waals surface area contributed by atoms with E-state index >= 15 is 0 Å². The van der Waals surface area contributed by atoms with Gasteiger partial charge < -0.3 is 10.2 Å². The monoisotopic (exact) mass is 216 g/mol. The van der Waals surface area contributed by atoms with Crippen LogP contribution < -0.4 is 5.73 Å². The molecule has 0 aliphatic heterocycles. The minimum absolute atomic E-state index is 0.549. The molecule has 0 unspecified atom stereocenters. The fourth-order valence-corrected chi connectivity index (χ4v) is 2.13. The third kappa shape index (κ3) is 1.17. The number of benzene rings is 1. The summed E-state index contributed by atoms with van der Waals surface area (Å²) in [6, 6.07) is 0. The average Bonchev–Trinajstić information content (AvgIpc) is 3.03. The van der Waals surface area contributed by atoms with Gasteiger partial charge in [0.15, 0.2) is 11.5 Å². The van der Waals surface area contributed by atoms with Crippen LogP contribution in [0.3, 0.4) is 0 Å². The molecule has 0 amide bonds. The molecule has 84 valence electrons. The molecule has 1 heterocycles. The zero-order valence-electron chi connectivity index (χ0n) is 9.92. The standard InChI is InChI=1S/C13H16N2O/c1-6-7(2)11-12(8(3)10(6)14)16-13(15-11)9-4-5-9/h9H,4-5,14H2,1-3H3. The van der Waals surface area contributed by atoms with Gasteiger partial charge in [0.25, 0.3) is 0 Å². The van der Waals surface area contributed by atoms with Crippen molar-refractivity contribution in [1.29, 1.82) is 0 Å². The SMILES string of the molecule is Cc1c(N)c(C)c2oc(C3CC3)nc2c1C.